The molecule has 1 aromatic carbocycles. The van der Waals surface area contributed by atoms with Gasteiger partial charge in [0.25, 0.3) is 0 Å². The van der Waals surface area contributed by atoms with E-state index in [9.17, 15) is 9.18 Å². The van der Waals surface area contributed by atoms with Crippen LogP contribution in [0, 0.1) is 11.7 Å². The van der Waals surface area contributed by atoms with Crippen LogP contribution in [-0.4, -0.2) is 11.0 Å². The van der Waals surface area contributed by atoms with Crippen molar-refractivity contribution in [2.75, 3.05) is 5.32 Å². The summed E-state index contributed by atoms with van der Waals surface area (Å²) >= 11 is 0. The fourth-order valence-corrected chi connectivity index (χ4v) is 1.86. The zero-order valence-electron chi connectivity index (χ0n) is 9.32. The maximum absolute atomic E-state index is 13.1. The summed E-state index contributed by atoms with van der Waals surface area (Å²) in [5.74, 6) is -1.29. The number of phenols is 1. The molecule has 0 saturated heterocycles. The topological polar surface area (TPSA) is 49.3 Å². The summed E-state index contributed by atoms with van der Waals surface area (Å²) in [6, 6.07) is 3.83. The Labute approximate surface area is 99.0 Å². The molecule has 1 amide bonds. The van der Waals surface area contributed by atoms with Gasteiger partial charge in [0.05, 0.1) is 0 Å². The second kappa shape index (κ2) is 4.99. The van der Waals surface area contributed by atoms with E-state index in [0.29, 0.717) is 5.69 Å². The first-order valence-corrected chi connectivity index (χ1v) is 5.61. The lowest BCUT2D eigenvalue weighted by atomic mass is 9.93. The summed E-state index contributed by atoms with van der Waals surface area (Å²) in [5, 5.41) is 11.7. The van der Waals surface area contributed by atoms with Crippen LogP contribution in [-0.2, 0) is 4.79 Å². The maximum atomic E-state index is 13.1. The molecule has 2 N–H and O–H groups in total. The average Bonchev–Trinajstić information content (AvgIpc) is 2.35. The van der Waals surface area contributed by atoms with Crippen molar-refractivity contribution in [2.24, 2.45) is 5.92 Å². The summed E-state index contributed by atoms with van der Waals surface area (Å²) in [7, 11) is 0. The quantitative estimate of drug-likeness (QED) is 0.611. The Balaban J connectivity index is 2.02. The third-order valence-corrected chi connectivity index (χ3v) is 2.86. The van der Waals surface area contributed by atoms with E-state index in [2.05, 4.69) is 11.4 Å². The third kappa shape index (κ3) is 2.84. The van der Waals surface area contributed by atoms with Gasteiger partial charge in [0.15, 0.2) is 11.6 Å². The Morgan fingerprint density at radius 1 is 1.41 bits per heavy atom. The molecule has 1 unspecified atom stereocenters. The number of benzene rings is 1. The van der Waals surface area contributed by atoms with Crippen molar-refractivity contribution in [1.29, 1.82) is 0 Å². The van der Waals surface area contributed by atoms with Gasteiger partial charge < -0.3 is 10.4 Å². The van der Waals surface area contributed by atoms with Crippen molar-refractivity contribution in [2.45, 2.75) is 19.3 Å². The summed E-state index contributed by atoms with van der Waals surface area (Å²) < 4.78 is 13.1. The van der Waals surface area contributed by atoms with Gasteiger partial charge in [-0.2, -0.15) is 0 Å². The molecule has 1 aromatic rings. The minimum Gasteiger partial charge on any atom is -0.505 e. The summed E-state index contributed by atoms with van der Waals surface area (Å²) in [6.07, 6.45) is 6.51. The second-order valence-corrected chi connectivity index (χ2v) is 4.14. The van der Waals surface area contributed by atoms with Gasteiger partial charge in [0.2, 0.25) is 5.91 Å². The van der Waals surface area contributed by atoms with Crippen LogP contribution in [0.5, 0.6) is 5.75 Å². The summed E-state index contributed by atoms with van der Waals surface area (Å²) in [5.41, 5.74) is 0.375. The predicted octanol–water partition coefficient (Wildman–Crippen LogP) is 2.83. The first-order valence-electron chi connectivity index (χ1n) is 5.61. The van der Waals surface area contributed by atoms with E-state index in [1.165, 1.54) is 12.1 Å². The molecule has 0 aromatic heterocycles. The zero-order chi connectivity index (χ0) is 12.3. The molecular weight excluding hydrogens is 221 g/mol. The van der Waals surface area contributed by atoms with Crippen molar-refractivity contribution < 1.29 is 14.3 Å². The number of amides is 1. The fraction of sp³-hybridized carbons (Fsp3) is 0.308. The van der Waals surface area contributed by atoms with E-state index in [-0.39, 0.29) is 11.8 Å². The van der Waals surface area contributed by atoms with Crippen LogP contribution in [0.2, 0.25) is 0 Å². The lowest BCUT2D eigenvalue weighted by Crippen LogP contribution is -2.23. The number of carbonyl (C=O) groups is 1. The average molecular weight is 235 g/mol. The van der Waals surface area contributed by atoms with Crippen LogP contribution in [0.4, 0.5) is 10.1 Å². The van der Waals surface area contributed by atoms with Crippen molar-refractivity contribution in [3.63, 3.8) is 0 Å². The number of rotatable bonds is 2. The highest BCUT2D eigenvalue weighted by molar-refractivity contribution is 5.92. The molecular formula is C13H14FNO2. The molecule has 0 radical (unpaired) electrons. The zero-order valence-corrected chi connectivity index (χ0v) is 9.32. The Bertz CT molecular complexity index is 457. The summed E-state index contributed by atoms with van der Waals surface area (Å²) in [4.78, 5) is 11.8. The molecule has 0 spiro atoms. The number of aromatic hydroxyl groups is 1. The number of nitrogens with one attached hydrogen (secondary N) is 1. The van der Waals surface area contributed by atoms with Crippen LogP contribution in [0.15, 0.2) is 30.4 Å². The highest BCUT2D eigenvalue weighted by atomic mass is 19.1. The van der Waals surface area contributed by atoms with Gasteiger partial charge >= 0.3 is 0 Å². The Morgan fingerprint density at radius 3 is 2.88 bits per heavy atom. The lowest BCUT2D eigenvalue weighted by Gasteiger charge is -2.17. The lowest BCUT2D eigenvalue weighted by molar-refractivity contribution is -0.120. The van der Waals surface area contributed by atoms with Gasteiger partial charge in [-0.15, -0.1) is 0 Å². The SMILES string of the molecule is O=C(Nc1ccc(O)c(F)c1)C1CC=CCC1. The molecule has 3 nitrogen and oxygen atoms in total. The van der Waals surface area contributed by atoms with Crippen LogP contribution in [0.3, 0.4) is 0 Å². The van der Waals surface area contributed by atoms with E-state index in [4.69, 9.17) is 5.11 Å². The van der Waals surface area contributed by atoms with Crippen LogP contribution >= 0.6 is 0 Å². The molecule has 1 aliphatic rings. The van der Waals surface area contributed by atoms with E-state index in [1.54, 1.807) is 0 Å². The number of halogens is 1. The molecule has 2 rings (SSSR count). The van der Waals surface area contributed by atoms with E-state index < -0.39 is 11.6 Å². The fourth-order valence-electron chi connectivity index (χ4n) is 1.86. The minimum atomic E-state index is -0.730. The molecule has 90 valence electrons. The number of hydrogen-bond acceptors (Lipinski definition) is 2. The van der Waals surface area contributed by atoms with Crippen molar-refractivity contribution in [3.8, 4) is 5.75 Å². The Kier molecular flexibility index (Phi) is 3.42. The molecule has 0 fully saturated rings. The van der Waals surface area contributed by atoms with E-state index >= 15 is 0 Å². The van der Waals surface area contributed by atoms with Crippen LogP contribution in [0.1, 0.15) is 19.3 Å². The third-order valence-electron chi connectivity index (χ3n) is 2.86. The predicted molar refractivity (Wildman–Crippen MR) is 63.2 cm³/mol. The van der Waals surface area contributed by atoms with Gasteiger partial charge in [0, 0.05) is 17.7 Å². The van der Waals surface area contributed by atoms with E-state index in [0.717, 1.165) is 25.3 Å². The molecule has 4 heteroatoms. The molecule has 17 heavy (non-hydrogen) atoms. The second-order valence-electron chi connectivity index (χ2n) is 4.14. The normalized spacial score (nSPS) is 19.0. The van der Waals surface area contributed by atoms with Gasteiger partial charge in [-0.25, -0.2) is 4.39 Å². The monoisotopic (exact) mass is 235 g/mol. The molecule has 1 aliphatic carbocycles. The standard InChI is InChI=1S/C13H14FNO2/c14-11-8-10(6-7-12(11)16)15-13(17)9-4-2-1-3-5-9/h1-2,6-9,16H,3-5H2,(H,15,17). The highest BCUT2D eigenvalue weighted by Gasteiger charge is 2.18. The van der Waals surface area contributed by atoms with Crippen LogP contribution in [0.25, 0.3) is 0 Å². The van der Waals surface area contributed by atoms with E-state index in [1.807, 2.05) is 6.08 Å². The van der Waals surface area contributed by atoms with Gasteiger partial charge in [-0.1, -0.05) is 12.2 Å². The first-order chi connectivity index (χ1) is 8.16. The van der Waals surface area contributed by atoms with Gasteiger partial charge in [-0.05, 0) is 31.4 Å². The largest absolute Gasteiger partial charge is 0.505 e. The summed E-state index contributed by atoms with van der Waals surface area (Å²) in [6.45, 7) is 0. The van der Waals surface area contributed by atoms with Crippen LogP contribution < -0.4 is 5.32 Å². The van der Waals surface area contributed by atoms with Gasteiger partial charge in [0.1, 0.15) is 0 Å². The molecule has 0 aliphatic heterocycles. The van der Waals surface area contributed by atoms with Crippen molar-refractivity contribution in [1.82, 2.24) is 0 Å². The number of hydrogen-bond donors (Lipinski definition) is 2. The van der Waals surface area contributed by atoms with Gasteiger partial charge in [-0.3, -0.25) is 4.79 Å². The molecule has 1 atom stereocenters. The Hall–Kier alpha value is -1.84. The number of allylic oxidation sites excluding steroid dienone is 2. The highest BCUT2D eigenvalue weighted by Crippen LogP contribution is 2.22. The minimum absolute atomic E-state index is 0.0446. The number of carbonyl (C=O) groups excluding carboxylic acids is 1. The van der Waals surface area contributed by atoms with Crippen molar-refractivity contribution >= 4 is 11.6 Å². The first kappa shape index (κ1) is 11.6. The van der Waals surface area contributed by atoms with Crippen molar-refractivity contribution in [3.05, 3.63) is 36.2 Å². The Morgan fingerprint density at radius 2 is 2.24 bits per heavy atom. The smallest absolute Gasteiger partial charge is 0.227 e. The maximum Gasteiger partial charge on any atom is 0.227 e. The molecule has 0 saturated carbocycles. The number of anilines is 1. The number of phenolic OH excluding ortho intramolecular Hbond substituents is 1. The molecule has 0 bridgehead atoms. The molecule has 0 heterocycles.